The first-order chi connectivity index (χ1) is 13.5. The predicted molar refractivity (Wildman–Crippen MR) is 111 cm³/mol. The molecule has 4 rings (SSSR count). The van der Waals surface area contributed by atoms with Crippen LogP contribution in [0.4, 0.5) is 4.79 Å². The van der Waals surface area contributed by atoms with Gasteiger partial charge in [0.05, 0.1) is 0 Å². The van der Waals surface area contributed by atoms with E-state index in [0.29, 0.717) is 29.8 Å². The lowest BCUT2D eigenvalue weighted by molar-refractivity contribution is 0.112. The molecule has 0 bridgehead atoms. The van der Waals surface area contributed by atoms with Crippen molar-refractivity contribution in [3.05, 3.63) is 34.0 Å². The minimum Gasteiger partial charge on any atom is -0.345 e. The SMILES string of the molecule is CCN(CC)C(=O)NC1C[C@@H]2c3cc(C=O)cc4[nH]c(Cl)c(c34)C[C@H]2N(C)C1. The maximum atomic E-state index is 12.6. The highest BCUT2D eigenvalue weighted by molar-refractivity contribution is 6.32. The van der Waals surface area contributed by atoms with Crippen LogP contribution in [0.25, 0.3) is 10.9 Å². The number of hydrogen-bond donors (Lipinski definition) is 2. The monoisotopic (exact) mass is 402 g/mol. The van der Waals surface area contributed by atoms with Crippen LogP contribution >= 0.6 is 11.6 Å². The van der Waals surface area contributed by atoms with Crippen molar-refractivity contribution in [3.8, 4) is 0 Å². The van der Waals surface area contributed by atoms with Gasteiger partial charge in [0.25, 0.3) is 0 Å². The molecule has 28 heavy (non-hydrogen) atoms. The van der Waals surface area contributed by atoms with E-state index in [0.717, 1.165) is 42.1 Å². The number of aldehydes is 1. The highest BCUT2D eigenvalue weighted by Crippen LogP contribution is 2.45. The van der Waals surface area contributed by atoms with Crippen molar-refractivity contribution in [3.63, 3.8) is 0 Å². The number of halogens is 1. The van der Waals surface area contributed by atoms with E-state index in [2.05, 4.69) is 22.2 Å². The number of nitrogens with zero attached hydrogens (tertiary/aromatic N) is 2. The first-order valence-electron chi connectivity index (χ1n) is 10.0. The van der Waals surface area contributed by atoms with E-state index in [1.54, 1.807) is 0 Å². The molecule has 150 valence electrons. The van der Waals surface area contributed by atoms with Crippen LogP contribution in [0.1, 0.15) is 47.7 Å². The number of likely N-dealkylation sites (tertiary alicyclic amines) is 1. The normalized spacial score (nSPS) is 24.1. The second-order valence-corrected chi connectivity index (χ2v) is 8.32. The van der Waals surface area contributed by atoms with Crippen LogP contribution < -0.4 is 5.32 Å². The number of nitrogens with one attached hydrogen (secondary N) is 2. The molecular formula is C21H27ClN4O2. The summed E-state index contributed by atoms with van der Waals surface area (Å²) in [6.07, 6.45) is 2.63. The smallest absolute Gasteiger partial charge is 0.317 e. The summed E-state index contributed by atoms with van der Waals surface area (Å²) in [6.45, 7) is 6.19. The molecule has 1 aromatic heterocycles. The quantitative estimate of drug-likeness (QED) is 0.770. The summed E-state index contributed by atoms with van der Waals surface area (Å²) in [5, 5.41) is 5.04. The fourth-order valence-corrected chi connectivity index (χ4v) is 5.30. The lowest BCUT2D eigenvalue weighted by atomic mass is 9.73. The number of rotatable bonds is 4. The van der Waals surface area contributed by atoms with Gasteiger partial charge in [-0.05, 0) is 57.0 Å². The van der Waals surface area contributed by atoms with Crippen molar-refractivity contribution in [2.75, 3.05) is 26.7 Å². The third kappa shape index (κ3) is 3.08. The maximum Gasteiger partial charge on any atom is 0.317 e. The van der Waals surface area contributed by atoms with Crippen molar-refractivity contribution in [1.82, 2.24) is 20.1 Å². The highest BCUT2D eigenvalue weighted by Gasteiger charge is 2.41. The molecule has 0 saturated carbocycles. The number of hydrogen-bond acceptors (Lipinski definition) is 3. The van der Waals surface area contributed by atoms with Crippen LogP contribution in [-0.2, 0) is 6.42 Å². The summed E-state index contributed by atoms with van der Waals surface area (Å²) < 4.78 is 0. The predicted octanol–water partition coefficient (Wildman–Crippen LogP) is 3.40. The van der Waals surface area contributed by atoms with Crippen LogP contribution in [0.15, 0.2) is 12.1 Å². The minimum absolute atomic E-state index is 0.00479. The highest BCUT2D eigenvalue weighted by atomic mass is 35.5. The topological polar surface area (TPSA) is 68.4 Å². The summed E-state index contributed by atoms with van der Waals surface area (Å²) in [6, 6.07) is 4.25. The van der Waals surface area contributed by atoms with Crippen molar-refractivity contribution in [1.29, 1.82) is 0 Å². The van der Waals surface area contributed by atoms with E-state index < -0.39 is 0 Å². The van der Waals surface area contributed by atoms with Crippen molar-refractivity contribution < 1.29 is 9.59 Å². The number of aromatic amines is 1. The van der Waals surface area contributed by atoms with Crippen LogP contribution in [0, 0.1) is 0 Å². The van der Waals surface area contributed by atoms with Gasteiger partial charge in [0.2, 0.25) is 0 Å². The third-order valence-electron chi connectivity index (χ3n) is 6.41. The molecule has 1 aromatic carbocycles. The van der Waals surface area contributed by atoms with E-state index >= 15 is 0 Å². The fraction of sp³-hybridized carbons (Fsp3) is 0.524. The number of benzene rings is 1. The molecule has 6 nitrogen and oxygen atoms in total. The van der Waals surface area contributed by atoms with Gasteiger partial charge in [0.1, 0.15) is 11.4 Å². The average Bonchev–Trinajstić information content (AvgIpc) is 2.99. The second kappa shape index (κ2) is 7.41. The van der Waals surface area contributed by atoms with Crippen LogP contribution in [-0.4, -0.2) is 65.9 Å². The second-order valence-electron chi connectivity index (χ2n) is 7.94. The van der Waals surface area contributed by atoms with Crippen LogP contribution in [0.5, 0.6) is 0 Å². The zero-order valence-corrected chi connectivity index (χ0v) is 17.3. The molecule has 0 radical (unpaired) electrons. The lowest BCUT2D eigenvalue weighted by Crippen LogP contribution is -2.56. The van der Waals surface area contributed by atoms with Crippen molar-refractivity contribution in [2.45, 2.75) is 44.7 Å². The van der Waals surface area contributed by atoms with Gasteiger partial charge in [-0.25, -0.2) is 4.79 Å². The minimum atomic E-state index is -0.00479. The van der Waals surface area contributed by atoms with Gasteiger partial charge in [0.15, 0.2) is 0 Å². The number of piperidine rings is 1. The summed E-state index contributed by atoms with van der Waals surface area (Å²) in [5.74, 6) is 0.252. The largest absolute Gasteiger partial charge is 0.345 e. The van der Waals surface area contributed by atoms with E-state index in [4.69, 9.17) is 11.6 Å². The summed E-state index contributed by atoms with van der Waals surface area (Å²) in [7, 11) is 2.11. The molecule has 1 saturated heterocycles. The lowest BCUT2D eigenvalue weighted by Gasteiger charge is -2.46. The molecule has 2 amide bonds. The van der Waals surface area contributed by atoms with E-state index in [-0.39, 0.29) is 18.0 Å². The molecule has 2 N–H and O–H groups in total. The Bertz CT molecular complexity index is 921. The number of fused-ring (bicyclic) bond motifs is 2. The van der Waals surface area contributed by atoms with Crippen molar-refractivity contribution in [2.24, 2.45) is 0 Å². The molecule has 3 atom stereocenters. The molecule has 2 heterocycles. The van der Waals surface area contributed by atoms with Crippen molar-refractivity contribution >= 4 is 34.8 Å². The Balaban J connectivity index is 1.69. The van der Waals surface area contributed by atoms with Gasteiger partial charge in [-0.3, -0.25) is 4.79 Å². The summed E-state index contributed by atoms with van der Waals surface area (Å²) >= 11 is 6.49. The van der Waals surface area contributed by atoms with Gasteiger partial charge in [-0.1, -0.05) is 11.6 Å². The first kappa shape index (κ1) is 19.3. The van der Waals surface area contributed by atoms with E-state index in [1.165, 1.54) is 5.56 Å². The Kier molecular flexibility index (Phi) is 5.10. The fourth-order valence-electron chi connectivity index (χ4n) is 5.03. The first-order valence-corrected chi connectivity index (χ1v) is 10.4. The van der Waals surface area contributed by atoms with E-state index in [9.17, 15) is 9.59 Å². The molecule has 1 fully saturated rings. The number of amides is 2. The number of aromatic nitrogens is 1. The Morgan fingerprint density at radius 3 is 2.82 bits per heavy atom. The molecule has 2 aliphatic rings. The van der Waals surface area contributed by atoms with Gasteiger partial charge < -0.3 is 20.1 Å². The van der Waals surface area contributed by atoms with Gasteiger partial charge in [0, 0.05) is 54.1 Å². The Morgan fingerprint density at radius 1 is 1.39 bits per heavy atom. The van der Waals surface area contributed by atoms with Gasteiger partial charge in [-0.15, -0.1) is 0 Å². The molecule has 7 heteroatoms. The zero-order valence-electron chi connectivity index (χ0n) is 16.6. The number of carbonyl (C=O) groups excluding carboxylic acids is 2. The van der Waals surface area contributed by atoms with Gasteiger partial charge in [-0.2, -0.15) is 0 Å². The molecule has 1 aliphatic carbocycles. The Morgan fingerprint density at radius 2 is 2.14 bits per heavy atom. The zero-order chi connectivity index (χ0) is 20.0. The van der Waals surface area contributed by atoms with Crippen LogP contribution in [0.2, 0.25) is 5.15 Å². The van der Waals surface area contributed by atoms with Gasteiger partial charge >= 0.3 is 6.03 Å². The van der Waals surface area contributed by atoms with Crippen LogP contribution in [0.3, 0.4) is 0 Å². The number of carbonyl (C=O) groups is 2. The Hall–Kier alpha value is -2.05. The average molecular weight is 403 g/mol. The Labute approximate surface area is 170 Å². The third-order valence-corrected chi connectivity index (χ3v) is 6.73. The molecule has 2 aromatic rings. The maximum absolute atomic E-state index is 12.6. The summed E-state index contributed by atoms with van der Waals surface area (Å²) in [4.78, 5) is 31.4. The number of H-pyrrole nitrogens is 1. The molecule has 0 spiro atoms. The number of urea groups is 1. The molecular weight excluding hydrogens is 376 g/mol. The number of likely N-dealkylation sites (N-methyl/N-ethyl adjacent to an activating group) is 1. The van der Waals surface area contributed by atoms with E-state index in [1.807, 2.05) is 30.9 Å². The molecule has 1 aliphatic heterocycles. The molecule has 1 unspecified atom stereocenters. The summed E-state index contributed by atoms with van der Waals surface area (Å²) in [5.41, 5.74) is 3.89. The standard InChI is InChI=1S/C21H27ClN4O2/c1-4-26(5-2)21(28)23-13-8-14-15-6-12(11-27)7-17-19(15)16(20(22)24-17)9-18(14)25(3)10-13/h6-7,11,13-14,18,24H,4-5,8-10H2,1-3H3,(H,23,28)/t13?,14-,18-/m1/s1.